The van der Waals surface area contributed by atoms with Crippen LogP contribution in [0.1, 0.15) is 32.7 Å². The number of carbonyl (C=O) groups is 1. The first-order valence-corrected chi connectivity index (χ1v) is 13.7. The minimum Gasteiger partial charge on any atom is -0.457 e. The summed E-state index contributed by atoms with van der Waals surface area (Å²) in [5.74, 6) is 1.13. The highest BCUT2D eigenvalue weighted by Crippen LogP contribution is 2.35. The van der Waals surface area contributed by atoms with Crippen LogP contribution in [0.2, 0.25) is 0 Å². The third-order valence-corrected chi connectivity index (χ3v) is 7.57. The second-order valence-corrected chi connectivity index (χ2v) is 10.5. The summed E-state index contributed by atoms with van der Waals surface area (Å²) in [4.78, 5) is 27.1. The van der Waals surface area contributed by atoms with Gasteiger partial charge in [0.05, 0.1) is 11.4 Å². The van der Waals surface area contributed by atoms with E-state index >= 15 is 0 Å². The van der Waals surface area contributed by atoms with Crippen LogP contribution in [-0.2, 0) is 13.0 Å². The molecule has 0 bridgehead atoms. The predicted molar refractivity (Wildman–Crippen MR) is 159 cm³/mol. The van der Waals surface area contributed by atoms with E-state index in [2.05, 4.69) is 52.3 Å². The van der Waals surface area contributed by atoms with Crippen LogP contribution in [0.4, 0.5) is 5.69 Å². The van der Waals surface area contributed by atoms with Crippen LogP contribution in [0.15, 0.2) is 79.1 Å². The van der Waals surface area contributed by atoms with Crippen LogP contribution in [-0.4, -0.2) is 58.9 Å². The third-order valence-electron chi connectivity index (χ3n) is 7.57. The first-order chi connectivity index (χ1) is 19.5. The highest BCUT2D eigenvalue weighted by Gasteiger charge is 2.18. The van der Waals surface area contributed by atoms with Gasteiger partial charge in [-0.1, -0.05) is 24.3 Å². The zero-order valence-electron chi connectivity index (χ0n) is 22.9. The fraction of sp³-hybridized carbons (Fsp3) is 0.242. The van der Waals surface area contributed by atoms with Crippen molar-refractivity contribution in [3.05, 3.63) is 107 Å². The van der Waals surface area contributed by atoms with Crippen LogP contribution >= 0.6 is 0 Å². The van der Waals surface area contributed by atoms with Crippen molar-refractivity contribution in [3.8, 4) is 22.8 Å². The number of ether oxygens (including phenoxy) is 1. The molecule has 1 N–H and O–H groups in total. The third kappa shape index (κ3) is 5.81. The Morgan fingerprint density at radius 2 is 1.90 bits per heavy atom. The standard InChI is InChI=1S/C33H33N5O2/c1-23-18-27(12-11-26(23)22-38-16-14-37(2)15-17-38)35-33(39)24-6-3-8-28(19-24)40-32-20-31(25-7-5-13-34-21-25)36-30-10-4-9-29(30)32/h3-9,11-13,18-21H,10,14-17,22H2,1-2H3,(H,35,39). The van der Waals surface area contributed by atoms with Gasteiger partial charge in [-0.25, -0.2) is 0 Å². The van der Waals surface area contributed by atoms with E-state index in [4.69, 9.17) is 9.72 Å². The number of likely N-dealkylation sites (N-methyl/N-ethyl adjacent to an activating group) is 1. The van der Waals surface area contributed by atoms with Gasteiger partial charge in [0.15, 0.2) is 0 Å². The van der Waals surface area contributed by atoms with Gasteiger partial charge in [0, 0.05) is 80.0 Å². The van der Waals surface area contributed by atoms with E-state index in [-0.39, 0.29) is 5.91 Å². The average Bonchev–Trinajstić information content (AvgIpc) is 3.46. The van der Waals surface area contributed by atoms with Gasteiger partial charge in [-0.05, 0) is 67.6 Å². The van der Waals surface area contributed by atoms with Crippen LogP contribution in [0.25, 0.3) is 17.3 Å². The molecule has 0 saturated carbocycles. The second kappa shape index (κ2) is 11.4. The summed E-state index contributed by atoms with van der Waals surface area (Å²) in [6.45, 7) is 7.40. The van der Waals surface area contributed by atoms with Crippen LogP contribution in [0.5, 0.6) is 11.5 Å². The van der Waals surface area contributed by atoms with Crippen molar-refractivity contribution in [3.63, 3.8) is 0 Å². The molecule has 6 rings (SSSR count). The van der Waals surface area contributed by atoms with E-state index in [1.165, 1.54) is 11.1 Å². The van der Waals surface area contributed by atoms with Gasteiger partial charge in [0.25, 0.3) is 5.91 Å². The van der Waals surface area contributed by atoms with Crippen LogP contribution in [0.3, 0.4) is 0 Å². The Labute approximate surface area is 235 Å². The number of fused-ring (bicyclic) bond motifs is 1. The first-order valence-electron chi connectivity index (χ1n) is 13.7. The Morgan fingerprint density at radius 1 is 1.02 bits per heavy atom. The molecule has 3 heterocycles. The fourth-order valence-electron chi connectivity index (χ4n) is 5.18. The van der Waals surface area contributed by atoms with Gasteiger partial charge in [-0.15, -0.1) is 0 Å². The summed E-state index contributed by atoms with van der Waals surface area (Å²) in [6.07, 6.45) is 8.43. The molecule has 202 valence electrons. The summed E-state index contributed by atoms with van der Waals surface area (Å²) in [5.41, 5.74) is 7.47. The highest BCUT2D eigenvalue weighted by molar-refractivity contribution is 6.04. The number of rotatable bonds is 7. The van der Waals surface area contributed by atoms with E-state index in [9.17, 15) is 4.79 Å². The smallest absolute Gasteiger partial charge is 0.255 e. The first kappa shape index (κ1) is 25.9. The van der Waals surface area contributed by atoms with Crippen molar-refractivity contribution in [2.75, 3.05) is 38.5 Å². The number of nitrogens with zero attached hydrogens (tertiary/aromatic N) is 4. The minimum atomic E-state index is -0.174. The topological polar surface area (TPSA) is 70.6 Å². The number of carbonyl (C=O) groups excluding carboxylic acids is 1. The summed E-state index contributed by atoms with van der Waals surface area (Å²) in [6, 6.07) is 19.3. The maximum atomic E-state index is 13.2. The molecule has 2 aromatic heterocycles. The molecular formula is C33H33N5O2. The largest absolute Gasteiger partial charge is 0.457 e. The molecule has 2 aromatic carbocycles. The van der Waals surface area contributed by atoms with Crippen molar-refractivity contribution < 1.29 is 9.53 Å². The van der Waals surface area contributed by atoms with Crippen LogP contribution in [0, 0.1) is 6.92 Å². The lowest BCUT2D eigenvalue weighted by atomic mass is 10.1. The molecule has 0 radical (unpaired) electrons. The number of anilines is 1. The molecule has 1 amide bonds. The molecule has 1 aliphatic heterocycles. The molecule has 40 heavy (non-hydrogen) atoms. The number of aromatic nitrogens is 2. The molecule has 1 aliphatic carbocycles. The number of pyridine rings is 2. The highest BCUT2D eigenvalue weighted by atomic mass is 16.5. The number of benzene rings is 2. The average molecular weight is 532 g/mol. The lowest BCUT2D eigenvalue weighted by Crippen LogP contribution is -2.43. The van der Waals surface area contributed by atoms with Crippen molar-refractivity contribution in [2.45, 2.75) is 19.9 Å². The Kier molecular flexibility index (Phi) is 7.40. The van der Waals surface area contributed by atoms with Gasteiger partial charge in [-0.3, -0.25) is 19.7 Å². The molecule has 0 unspecified atom stereocenters. The number of allylic oxidation sites excluding steroid dienone is 1. The molecule has 7 nitrogen and oxygen atoms in total. The summed E-state index contributed by atoms with van der Waals surface area (Å²) < 4.78 is 6.34. The van der Waals surface area contributed by atoms with Crippen molar-refractivity contribution >= 4 is 17.7 Å². The zero-order chi connectivity index (χ0) is 27.5. The lowest BCUT2D eigenvalue weighted by Gasteiger charge is -2.32. The summed E-state index contributed by atoms with van der Waals surface area (Å²) >= 11 is 0. The number of nitrogens with one attached hydrogen (secondary N) is 1. The lowest BCUT2D eigenvalue weighted by molar-refractivity contribution is 0.102. The second-order valence-electron chi connectivity index (χ2n) is 10.5. The van der Waals surface area contributed by atoms with E-state index in [1.807, 2.05) is 42.5 Å². The molecule has 7 heteroatoms. The molecule has 0 spiro atoms. The number of hydrogen-bond donors (Lipinski definition) is 1. The minimum absolute atomic E-state index is 0.174. The normalized spacial score (nSPS) is 15.2. The molecule has 1 saturated heterocycles. The van der Waals surface area contributed by atoms with E-state index < -0.39 is 0 Å². The Morgan fingerprint density at radius 3 is 2.70 bits per heavy atom. The van der Waals surface area contributed by atoms with Gasteiger partial charge in [0.1, 0.15) is 11.5 Å². The molecule has 1 fully saturated rings. The molecule has 2 aliphatic rings. The maximum absolute atomic E-state index is 13.2. The maximum Gasteiger partial charge on any atom is 0.255 e. The molecule has 4 aromatic rings. The van der Waals surface area contributed by atoms with Crippen molar-refractivity contribution in [1.82, 2.24) is 19.8 Å². The number of aryl methyl sites for hydroxylation is 1. The van der Waals surface area contributed by atoms with E-state index in [0.717, 1.165) is 67.3 Å². The van der Waals surface area contributed by atoms with Crippen LogP contribution < -0.4 is 10.1 Å². The monoisotopic (exact) mass is 531 g/mol. The number of hydrogen-bond acceptors (Lipinski definition) is 6. The molecule has 0 atom stereocenters. The van der Waals surface area contributed by atoms with Crippen molar-refractivity contribution in [1.29, 1.82) is 0 Å². The predicted octanol–water partition coefficient (Wildman–Crippen LogP) is 5.81. The Balaban J connectivity index is 1.16. The van der Waals surface area contributed by atoms with Gasteiger partial charge < -0.3 is 15.0 Å². The van der Waals surface area contributed by atoms with Gasteiger partial charge >= 0.3 is 0 Å². The van der Waals surface area contributed by atoms with Gasteiger partial charge in [0.2, 0.25) is 0 Å². The quantitative estimate of drug-likeness (QED) is 0.324. The Bertz CT molecular complexity index is 1560. The summed E-state index contributed by atoms with van der Waals surface area (Å²) in [7, 11) is 2.17. The van der Waals surface area contributed by atoms with E-state index in [1.54, 1.807) is 24.5 Å². The van der Waals surface area contributed by atoms with Gasteiger partial charge in [-0.2, -0.15) is 0 Å². The number of piperazine rings is 1. The van der Waals surface area contributed by atoms with E-state index in [0.29, 0.717) is 17.1 Å². The molecular weight excluding hydrogens is 498 g/mol. The summed E-state index contributed by atoms with van der Waals surface area (Å²) in [5, 5.41) is 3.06. The Hall–Kier alpha value is -4.33. The fourth-order valence-corrected chi connectivity index (χ4v) is 5.18. The number of amides is 1. The zero-order valence-corrected chi connectivity index (χ0v) is 22.9. The van der Waals surface area contributed by atoms with Crippen molar-refractivity contribution in [2.24, 2.45) is 0 Å². The SMILES string of the molecule is Cc1cc(NC(=O)c2cccc(Oc3cc(-c4cccnc4)nc4c3C=CC4)c2)ccc1CN1CCN(C)CC1.